The molecule has 0 unspecified atom stereocenters. The van der Waals surface area contributed by atoms with Crippen LogP contribution in [0.3, 0.4) is 0 Å². The molecule has 1 aromatic heterocycles. The quantitative estimate of drug-likeness (QED) is 0.124. The van der Waals surface area contributed by atoms with Crippen LogP contribution < -0.4 is 29.7 Å². The van der Waals surface area contributed by atoms with Crippen molar-refractivity contribution in [2.24, 2.45) is 0 Å². The molecule has 2 N–H and O–H groups in total. The zero-order valence-electron chi connectivity index (χ0n) is 31.2. The van der Waals surface area contributed by atoms with Gasteiger partial charge in [0.2, 0.25) is 0 Å². The van der Waals surface area contributed by atoms with Gasteiger partial charge >= 0.3 is 6.09 Å². The van der Waals surface area contributed by atoms with Gasteiger partial charge in [-0.15, -0.1) is 0 Å². The number of nitrogens with zero attached hydrogens (tertiary/aromatic N) is 3. The summed E-state index contributed by atoms with van der Waals surface area (Å²) >= 11 is 0. The molecular formula is C43H49N5O5. The van der Waals surface area contributed by atoms with E-state index in [1.54, 1.807) is 19.1 Å². The summed E-state index contributed by atoms with van der Waals surface area (Å²) in [5.74, 6) is 3.88. The second kappa shape index (κ2) is 17.1. The van der Waals surface area contributed by atoms with E-state index < -0.39 is 5.60 Å². The highest BCUT2D eigenvalue weighted by molar-refractivity contribution is 5.85. The van der Waals surface area contributed by atoms with Crippen LogP contribution >= 0.6 is 0 Å². The zero-order valence-corrected chi connectivity index (χ0v) is 31.2. The van der Waals surface area contributed by atoms with Crippen molar-refractivity contribution in [3.8, 4) is 23.0 Å². The number of hydrogen-bond acceptors (Lipinski definition) is 9. The van der Waals surface area contributed by atoms with Crippen molar-refractivity contribution in [3.63, 3.8) is 0 Å². The van der Waals surface area contributed by atoms with Gasteiger partial charge in [-0.05, 0) is 111 Å². The highest BCUT2D eigenvalue weighted by atomic mass is 16.6. The molecule has 0 saturated carbocycles. The van der Waals surface area contributed by atoms with E-state index in [2.05, 4.69) is 39.8 Å². The molecule has 53 heavy (non-hydrogen) atoms. The number of ether oxygens (including phenoxy) is 4. The number of amides is 1. The predicted octanol–water partition coefficient (Wildman–Crippen LogP) is 9.65. The molecule has 1 atom stereocenters. The molecule has 6 rings (SSSR count). The molecule has 0 spiro atoms. The summed E-state index contributed by atoms with van der Waals surface area (Å²) < 4.78 is 22.7. The first-order chi connectivity index (χ1) is 25.7. The Labute approximate surface area is 312 Å². The summed E-state index contributed by atoms with van der Waals surface area (Å²) in [5.41, 5.74) is 4.22. The fourth-order valence-electron chi connectivity index (χ4n) is 6.22. The normalized spacial score (nSPS) is 14.2. The molecule has 1 aliphatic heterocycles. The topological polar surface area (TPSA) is 97.4 Å². The van der Waals surface area contributed by atoms with Gasteiger partial charge < -0.3 is 39.4 Å². The third kappa shape index (κ3) is 10.3. The van der Waals surface area contributed by atoms with Gasteiger partial charge in [-0.1, -0.05) is 42.5 Å². The van der Waals surface area contributed by atoms with Gasteiger partial charge in [0, 0.05) is 44.1 Å². The summed E-state index contributed by atoms with van der Waals surface area (Å²) in [7, 11) is 3.34. The number of aromatic nitrogens is 1. The predicted molar refractivity (Wildman–Crippen MR) is 211 cm³/mol. The lowest BCUT2D eigenvalue weighted by atomic mass is 10.1. The van der Waals surface area contributed by atoms with Crippen molar-refractivity contribution in [1.82, 2.24) is 9.88 Å². The van der Waals surface area contributed by atoms with Crippen LogP contribution in [0.5, 0.6) is 23.0 Å². The molecule has 4 aromatic carbocycles. The Morgan fingerprint density at radius 1 is 0.792 bits per heavy atom. The van der Waals surface area contributed by atoms with E-state index >= 15 is 0 Å². The molecule has 1 saturated heterocycles. The molecule has 5 aromatic rings. The summed E-state index contributed by atoms with van der Waals surface area (Å²) in [6, 6.07) is 35.8. The Hall–Kier alpha value is -5.90. The number of carbonyl (C=O) groups is 1. The van der Waals surface area contributed by atoms with Crippen LogP contribution in [-0.2, 0) is 17.8 Å². The SMILES string of the molecule is COc1ccc(CN(Cc2ccc(OC)cc2)c2nccc(N[C@@H]3CCCN(C(=O)OC(C)(C)C)C3)c2Nc2ccc(Oc3ccccc3)cc2)cc1. The van der Waals surface area contributed by atoms with Crippen molar-refractivity contribution in [2.75, 3.05) is 42.8 Å². The van der Waals surface area contributed by atoms with Crippen molar-refractivity contribution in [2.45, 2.75) is 58.3 Å². The van der Waals surface area contributed by atoms with Crippen LogP contribution in [0, 0.1) is 0 Å². The molecule has 10 nitrogen and oxygen atoms in total. The van der Waals surface area contributed by atoms with Gasteiger partial charge in [0.05, 0.1) is 19.9 Å². The van der Waals surface area contributed by atoms with Crippen LogP contribution in [-0.4, -0.2) is 54.9 Å². The van der Waals surface area contributed by atoms with E-state index in [-0.39, 0.29) is 12.1 Å². The van der Waals surface area contributed by atoms with Crippen molar-refractivity contribution < 1.29 is 23.7 Å². The zero-order chi connectivity index (χ0) is 37.2. The summed E-state index contributed by atoms with van der Waals surface area (Å²) in [4.78, 5) is 22.1. The summed E-state index contributed by atoms with van der Waals surface area (Å²) in [6.07, 6.45) is 3.31. The van der Waals surface area contributed by atoms with E-state index in [1.165, 1.54) is 0 Å². The molecule has 1 aliphatic rings. The molecule has 0 radical (unpaired) electrons. The van der Waals surface area contributed by atoms with Gasteiger partial charge in [-0.3, -0.25) is 0 Å². The number of likely N-dealkylation sites (tertiary alicyclic amines) is 1. The Morgan fingerprint density at radius 3 is 1.96 bits per heavy atom. The number of anilines is 4. The number of rotatable bonds is 13. The summed E-state index contributed by atoms with van der Waals surface area (Å²) in [5, 5.41) is 7.49. The van der Waals surface area contributed by atoms with Gasteiger partial charge in [0.1, 0.15) is 34.3 Å². The number of carbonyl (C=O) groups excluding carboxylic acids is 1. The average Bonchev–Trinajstić information content (AvgIpc) is 3.16. The van der Waals surface area contributed by atoms with E-state index in [4.69, 9.17) is 23.9 Å². The lowest BCUT2D eigenvalue weighted by Crippen LogP contribution is -2.47. The van der Waals surface area contributed by atoms with Crippen LogP contribution in [0.2, 0.25) is 0 Å². The second-order valence-electron chi connectivity index (χ2n) is 14.1. The van der Waals surface area contributed by atoms with E-state index in [9.17, 15) is 4.79 Å². The van der Waals surface area contributed by atoms with Crippen LogP contribution in [0.4, 0.5) is 27.7 Å². The Balaban J connectivity index is 1.34. The minimum Gasteiger partial charge on any atom is -0.497 e. The van der Waals surface area contributed by atoms with Crippen molar-refractivity contribution in [3.05, 3.63) is 127 Å². The average molecular weight is 716 g/mol. The van der Waals surface area contributed by atoms with E-state index in [0.29, 0.717) is 26.2 Å². The lowest BCUT2D eigenvalue weighted by Gasteiger charge is -2.35. The van der Waals surface area contributed by atoms with Crippen LogP contribution in [0.15, 0.2) is 115 Å². The molecule has 10 heteroatoms. The van der Waals surface area contributed by atoms with E-state index in [0.717, 1.165) is 69.8 Å². The Kier molecular flexibility index (Phi) is 11.9. The van der Waals surface area contributed by atoms with E-state index in [1.807, 2.05) is 112 Å². The third-order valence-electron chi connectivity index (χ3n) is 8.83. The third-order valence-corrected chi connectivity index (χ3v) is 8.83. The molecule has 0 aliphatic carbocycles. The first kappa shape index (κ1) is 36.9. The monoisotopic (exact) mass is 715 g/mol. The fourth-order valence-corrected chi connectivity index (χ4v) is 6.22. The Morgan fingerprint density at radius 2 is 1.38 bits per heavy atom. The number of benzene rings is 4. The molecule has 1 fully saturated rings. The van der Waals surface area contributed by atoms with Crippen LogP contribution in [0.25, 0.3) is 0 Å². The maximum absolute atomic E-state index is 13.1. The maximum Gasteiger partial charge on any atom is 0.410 e. The number of piperidine rings is 1. The summed E-state index contributed by atoms with van der Waals surface area (Å²) in [6.45, 7) is 8.04. The van der Waals surface area contributed by atoms with Gasteiger partial charge in [-0.2, -0.15) is 0 Å². The maximum atomic E-state index is 13.1. The minimum absolute atomic E-state index is 0.00495. The minimum atomic E-state index is -0.562. The van der Waals surface area contributed by atoms with Gasteiger partial charge in [-0.25, -0.2) is 9.78 Å². The highest BCUT2D eigenvalue weighted by Gasteiger charge is 2.29. The fraction of sp³-hybridized carbons (Fsp3) is 0.302. The lowest BCUT2D eigenvalue weighted by molar-refractivity contribution is 0.0206. The first-order valence-corrected chi connectivity index (χ1v) is 18.0. The number of para-hydroxylation sites is 1. The number of hydrogen-bond donors (Lipinski definition) is 2. The Bertz CT molecular complexity index is 1860. The highest BCUT2D eigenvalue weighted by Crippen LogP contribution is 2.37. The molecule has 276 valence electrons. The number of nitrogens with one attached hydrogen (secondary N) is 2. The smallest absolute Gasteiger partial charge is 0.410 e. The van der Waals surface area contributed by atoms with Crippen LogP contribution in [0.1, 0.15) is 44.7 Å². The van der Waals surface area contributed by atoms with Gasteiger partial charge in [0.25, 0.3) is 0 Å². The molecule has 0 bridgehead atoms. The first-order valence-electron chi connectivity index (χ1n) is 18.0. The molecule has 1 amide bonds. The standard InChI is InChI=1S/C43H49N5O5/c1-43(2,3)53-42(49)47-27-9-10-34(30-47)45-39-25-26-44-41(40(39)46-33-17-23-38(24-18-33)52-37-11-7-6-8-12-37)48(28-31-13-19-35(50-4)20-14-31)29-32-15-21-36(51-5)22-16-32/h6-8,11-26,34,46H,9-10,27-30H2,1-5H3,(H,44,45)/t34-/m1/s1. The second-order valence-corrected chi connectivity index (χ2v) is 14.1. The van der Waals surface area contributed by atoms with Crippen molar-refractivity contribution >= 4 is 29.0 Å². The largest absolute Gasteiger partial charge is 0.497 e. The van der Waals surface area contributed by atoms with Crippen molar-refractivity contribution in [1.29, 1.82) is 0 Å². The number of pyridine rings is 1. The number of methoxy groups -OCH3 is 2. The van der Waals surface area contributed by atoms with Gasteiger partial charge in [0.15, 0.2) is 5.82 Å². The molecular weight excluding hydrogens is 667 g/mol. The molecule has 2 heterocycles.